The van der Waals surface area contributed by atoms with Gasteiger partial charge in [-0.1, -0.05) is 35.9 Å². The van der Waals surface area contributed by atoms with Crippen LogP contribution in [0.3, 0.4) is 0 Å². The highest BCUT2D eigenvalue weighted by Crippen LogP contribution is 2.16. The Morgan fingerprint density at radius 1 is 1.00 bits per heavy atom. The summed E-state index contributed by atoms with van der Waals surface area (Å²) < 4.78 is 0. The number of carbonyl (C=O) groups is 1. The van der Waals surface area contributed by atoms with Gasteiger partial charge in [0.05, 0.1) is 0 Å². The quantitative estimate of drug-likeness (QED) is 0.695. The van der Waals surface area contributed by atoms with Gasteiger partial charge in [0, 0.05) is 37.4 Å². The fourth-order valence-electron chi connectivity index (χ4n) is 2.71. The first-order valence-corrected chi connectivity index (χ1v) is 8.07. The summed E-state index contributed by atoms with van der Waals surface area (Å²) in [6.07, 6.45) is 3.51. The van der Waals surface area contributed by atoms with Gasteiger partial charge in [-0.25, -0.2) is 0 Å². The maximum Gasteiger partial charge on any atom is 0.185 e. The smallest absolute Gasteiger partial charge is 0.185 e. The van der Waals surface area contributed by atoms with Crippen LogP contribution in [-0.4, -0.2) is 32.0 Å². The molecule has 0 bridgehead atoms. The SMILES string of the molecule is Cc1ccc(/C=C/C(=O)c2ccc(N3CCNCC3)cc2)cc1. The molecule has 1 N–H and O–H groups in total. The Kier molecular flexibility index (Phi) is 4.89. The summed E-state index contributed by atoms with van der Waals surface area (Å²) >= 11 is 0. The Labute approximate surface area is 137 Å². The average Bonchev–Trinajstić information content (AvgIpc) is 2.62. The first-order valence-electron chi connectivity index (χ1n) is 8.07. The van der Waals surface area contributed by atoms with E-state index in [9.17, 15) is 4.79 Å². The second kappa shape index (κ2) is 7.25. The summed E-state index contributed by atoms with van der Waals surface area (Å²) in [5, 5.41) is 3.34. The van der Waals surface area contributed by atoms with Crippen LogP contribution >= 0.6 is 0 Å². The van der Waals surface area contributed by atoms with Crippen molar-refractivity contribution in [1.29, 1.82) is 0 Å². The van der Waals surface area contributed by atoms with E-state index in [4.69, 9.17) is 0 Å². The third-order valence-electron chi connectivity index (χ3n) is 4.14. The molecule has 23 heavy (non-hydrogen) atoms. The van der Waals surface area contributed by atoms with Crippen molar-refractivity contribution in [3.63, 3.8) is 0 Å². The van der Waals surface area contributed by atoms with Gasteiger partial charge in [0.1, 0.15) is 0 Å². The molecule has 3 nitrogen and oxygen atoms in total. The van der Waals surface area contributed by atoms with Crippen LogP contribution in [0.4, 0.5) is 5.69 Å². The number of nitrogens with one attached hydrogen (secondary N) is 1. The molecule has 1 saturated heterocycles. The number of carbonyl (C=O) groups excluding carboxylic acids is 1. The van der Waals surface area contributed by atoms with Gasteiger partial charge in [0.2, 0.25) is 0 Å². The number of hydrogen-bond acceptors (Lipinski definition) is 3. The molecule has 0 spiro atoms. The van der Waals surface area contributed by atoms with Crippen molar-refractivity contribution in [3.8, 4) is 0 Å². The molecule has 3 rings (SSSR count). The standard InChI is InChI=1S/C20H22N2O/c1-16-2-4-17(5-3-16)6-11-20(23)18-7-9-19(10-8-18)22-14-12-21-13-15-22/h2-11,21H,12-15H2,1H3/b11-6+. The van der Waals surface area contributed by atoms with Gasteiger partial charge in [0.25, 0.3) is 0 Å². The van der Waals surface area contributed by atoms with E-state index < -0.39 is 0 Å². The molecule has 1 aliphatic rings. The lowest BCUT2D eigenvalue weighted by Gasteiger charge is -2.29. The van der Waals surface area contributed by atoms with Crippen LogP contribution in [0.1, 0.15) is 21.5 Å². The van der Waals surface area contributed by atoms with E-state index in [1.54, 1.807) is 6.08 Å². The zero-order chi connectivity index (χ0) is 16.1. The van der Waals surface area contributed by atoms with Crippen molar-refractivity contribution in [1.82, 2.24) is 5.32 Å². The molecule has 1 fully saturated rings. The number of anilines is 1. The number of allylic oxidation sites excluding steroid dienone is 1. The molecule has 0 saturated carbocycles. The van der Waals surface area contributed by atoms with Crippen LogP contribution in [0.5, 0.6) is 0 Å². The van der Waals surface area contributed by atoms with Crippen molar-refractivity contribution in [2.24, 2.45) is 0 Å². The van der Waals surface area contributed by atoms with E-state index in [-0.39, 0.29) is 5.78 Å². The first-order chi connectivity index (χ1) is 11.2. The van der Waals surface area contributed by atoms with Crippen molar-refractivity contribution < 1.29 is 4.79 Å². The molecular formula is C20H22N2O. The van der Waals surface area contributed by atoms with Crippen LogP contribution in [0, 0.1) is 6.92 Å². The number of aryl methyl sites for hydroxylation is 1. The molecule has 2 aromatic rings. The topological polar surface area (TPSA) is 32.3 Å². The molecule has 1 aliphatic heterocycles. The van der Waals surface area contributed by atoms with Crippen molar-refractivity contribution in [2.45, 2.75) is 6.92 Å². The van der Waals surface area contributed by atoms with E-state index in [0.29, 0.717) is 0 Å². The number of benzene rings is 2. The Balaban J connectivity index is 1.66. The predicted octanol–water partition coefficient (Wildman–Crippen LogP) is 3.30. The highest BCUT2D eigenvalue weighted by atomic mass is 16.1. The highest BCUT2D eigenvalue weighted by Gasteiger charge is 2.10. The van der Waals surface area contributed by atoms with Crippen molar-refractivity contribution >= 4 is 17.5 Å². The Bertz CT molecular complexity index is 681. The second-order valence-corrected chi connectivity index (χ2v) is 5.89. The number of hydrogen-bond donors (Lipinski definition) is 1. The van der Waals surface area contributed by atoms with Crippen LogP contribution in [0.15, 0.2) is 54.6 Å². The fourth-order valence-corrected chi connectivity index (χ4v) is 2.71. The van der Waals surface area contributed by atoms with Crippen LogP contribution in [0.2, 0.25) is 0 Å². The van der Waals surface area contributed by atoms with Crippen LogP contribution < -0.4 is 10.2 Å². The number of rotatable bonds is 4. The molecule has 118 valence electrons. The van der Waals surface area contributed by atoms with Gasteiger partial charge in [-0.15, -0.1) is 0 Å². The summed E-state index contributed by atoms with van der Waals surface area (Å²) in [5.41, 5.74) is 4.18. The predicted molar refractivity (Wildman–Crippen MR) is 96.1 cm³/mol. The summed E-state index contributed by atoms with van der Waals surface area (Å²) in [5.74, 6) is 0.0393. The summed E-state index contributed by atoms with van der Waals surface area (Å²) in [6, 6.07) is 16.0. The maximum absolute atomic E-state index is 12.3. The maximum atomic E-state index is 12.3. The molecule has 0 amide bonds. The minimum absolute atomic E-state index is 0.0393. The highest BCUT2D eigenvalue weighted by molar-refractivity contribution is 6.06. The fraction of sp³-hybridized carbons (Fsp3) is 0.250. The lowest BCUT2D eigenvalue weighted by atomic mass is 10.1. The summed E-state index contributed by atoms with van der Waals surface area (Å²) in [6.45, 7) is 6.11. The van der Waals surface area contributed by atoms with Gasteiger partial charge in [-0.2, -0.15) is 0 Å². The Morgan fingerprint density at radius 3 is 2.30 bits per heavy atom. The van der Waals surface area contributed by atoms with E-state index in [1.165, 1.54) is 11.3 Å². The third kappa shape index (κ3) is 4.08. The zero-order valence-corrected chi connectivity index (χ0v) is 13.5. The summed E-state index contributed by atoms with van der Waals surface area (Å²) in [7, 11) is 0. The van der Waals surface area contributed by atoms with Gasteiger partial charge >= 0.3 is 0 Å². The minimum Gasteiger partial charge on any atom is -0.369 e. The van der Waals surface area contributed by atoms with Crippen molar-refractivity contribution in [3.05, 3.63) is 71.3 Å². The van der Waals surface area contributed by atoms with Gasteiger partial charge in [-0.05, 0) is 42.8 Å². The van der Waals surface area contributed by atoms with Crippen LogP contribution in [-0.2, 0) is 0 Å². The van der Waals surface area contributed by atoms with Gasteiger partial charge in [-0.3, -0.25) is 4.79 Å². The number of piperazine rings is 1. The monoisotopic (exact) mass is 306 g/mol. The lowest BCUT2D eigenvalue weighted by molar-refractivity contribution is 0.104. The Morgan fingerprint density at radius 2 is 1.65 bits per heavy atom. The van der Waals surface area contributed by atoms with E-state index in [2.05, 4.69) is 17.1 Å². The van der Waals surface area contributed by atoms with E-state index in [1.807, 2.05) is 54.6 Å². The van der Waals surface area contributed by atoms with Gasteiger partial charge in [0.15, 0.2) is 5.78 Å². The van der Waals surface area contributed by atoms with Crippen LogP contribution in [0.25, 0.3) is 6.08 Å². The lowest BCUT2D eigenvalue weighted by Crippen LogP contribution is -2.43. The molecule has 2 aromatic carbocycles. The normalized spacial score (nSPS) is 15.1. The number of nitrogens with zero attached hydrogens (tertiary/aromatic N) is 1. The van der Waals surface area contributed by atoms with Gasteiger partial charge < -0.3 is 10.2 Å². The second-order valence-electron chi connectivity index (χ2n) is 5.89. The third-order valence-corrected chi connectivity index (χ3v) is 4.14. The minimum atomic E-state index is 0.0393. The molecule has 3 heteroatoms. The summed E-state index contributed by atoms with van der Waals surface area (Å²) in [4.78, 5) is 14.6. The molecule has 0 aliphatic carbocycles. The zero-order valence-electron chi connectivity index (χ0n) is 13.5. The Hall–Kier alpha value is -2.39. The average molecular weight is 306 g/mol. The van der Waals surface area contributed by atoms with Crippen molar-refractivity contribution in [2.75, 3.05) is 31.1 Å². The molecule has 1 heterocycles. The van der Waals surface area contributed by atoms with E-state index in [0.717, 1.165) is 37.3 Å². The first kappa shape index (κ1) is 15.5. The largest absolute Gasteiger partial charge is 0.369 e. The molecular weight excluding hydrogens is 284 g/mol. The van der Waals surface area contributed by atoms with E-state index >= 15 is 0 Å². The molecule has 0 atom stereocenters. The molecule has 0 aromatic heterocycles. The molecule has 0 radical (unpaired) electrons. The number of ketones is 1. The molecule has 0 unspecified atom stereocenters.